The van der Waals surface area contributed by atoms with Crippen molar-refractivity contribution in [1.82, 2.24) is 10.2 Å². The van der Waals surface area contributed by atoms with Gasteiger partial charge in [0.05, 0.1) is 12.5 Å². The Bertz CT molecular complexity index is 303. The van der Waals surface area contributed by atoms with E-state index < -0.39 is 0 Å². The van der Waals surface area contributed by atoms with E-state index in [1.165, 1.54) is 11.1 Å². The van der Waals surface area contributed by atoms with Gasteiger partial charge in [0.15, 0.2) is 0 Å². The third kappa shape index (κ3) is 1.58. The van der Waals surface area contributed by atoms with E-state index in [0.29, 0.717) is 12.5 Å². The van der Waals surface area contributed by atoms with E-state index in [1.807, 2.05) is 4.90 Å². The lowest BCUT2D eigenvalue weighted by atomic mass is 10.1. The van der Waals surface area contributed by atoms with E-state index in [-0.39, 0.29) is 5.92 Å². The quantitative estimate of drug-likeness (QED) is 0.605. The first-order valence-corrected chi connectivity index (χ1v) is 5.61. The van der Waals surface area contributed by atoms with Gasteiger partial charge in [0, 0.05) is 32.8 Å². The van der Waals surface area contributed by atoms with Crippen LogP contribution in [0.3, 0.4) is 0 Å². The van der Waals surface area contributed by atoms with Crippen LogP contribution in [0.4, 0.5) is 0 Å². The molecule has 4 nitrogen and oxygen atoms in total. The predicted molar refractivity (Wildman–Crippen MR) is 55.4 cm³/mol. The second-order valence-corrected chi connectivity index (χ2v) is 4.57. The molecule has 0 aromatic rings. The fourth-order valence-corrected chi connectivity index (χ4v) is 2.61. The number of carbonyl (C=O) groups is 1. The first-order valence-electron chi connectivity index (χ1n) is 5.61. The van der Waals surface area contributed by atoms with E-state index in [1.54, 1.807) is 0 Å². The molecule has 82 valence electrons. The molecule has 1 fully saturated rings. The van der Waals surface area contributed by atoms with Crippen LogP contribution in [0.1, 0.15) is 6.42 Å². The molecule has 15 heavy (non-hydrogen) atoms. The second-order valence-electron chi connectivity index (χ2n) is 4.57. The summed E-state index contributed by atoms with van der Waals surface area (Å²) >= 11 is 0. The van der Waals surface area contributed by atoms with Gasteiger partial charge in [0.25, 0.3) is 0 Å². The van der Waals surface area contributed by atoms with Crippen molar-refractivity contribution in [3.05, 3.63) is 11.1 Å². The Hall–Kier alpha value is -0.870. The molecule has 0 unspecified atom stereocenters. The largest absolute Gasteiger partial charge is 0.381 e. The molecule has 1 atom stereocenters. The third-order valence-corrected chi connectivity index (χ3v) is 3.53. The highest BCUT2D eigenvalue weighted by atomic mass is 16.5. The minimum absolute atomic E-state index is 0.123. The summed E-state index contributed by atoms with van der Waals surface area (Å²) in [5.41, 5.74) is 2.87. The molecule has 0 saturated carbocycles. The average Bonchev–Trinajstić information content (AvgIpc) is 2.92. The molecule has 3 heterocycles. The normalized spacial score (nSPS) is 30.1. The molecule has 1 N–H and O–H groups in total. The van der Waals surface area contributed by atoms with Crippen LogP contribution in [0, 0.1) is 5.92 Å². The molecule has 3 rings (SSSR count). The van der Waals surface area contributed by atoms with Gasteiger partial charge in [-0.1, -0.05) is 0 Å². The number of rotatable bonds is 1. The molecule has 0 aromatic heterocycles. The Morgan fingerprint density at radius 1 is 1.33 bits per heavy atom. The molecular formula is C11H16N2O2. The topological polar surface area (TPSA) is 41.6 Å². The van der Waals surface area contributed by atoms with Crippen LogP contribution in [0.25, 0.3) is 0 Å². The zero-order chi connectivity index (χ0) is 10.3. The first kappa shape index (κ1) is 9.36. The molecule has 3 aliphatic heterocycles. The van der Waals surface area contributed by atoms with Gasteiger partial charge in [-0.25, -0.2) is 0 Å². The van der Waals surface area contributed by atoms with Crippen molar-refractivity contribution in [2.24, 2.45) is 5.92 Å². The highest BCUT2D eigenvalue weighted by molar-refractivity contribution is 5.80. The Kier molecular flexibility index (Phi) is 2.25. The Balaban J connectivity index is 1.63. The molecule has 1 saturated heterocycles. The highest BCUT2D eigenvalue weighted by Gasteiger charge is 2.33. The van der Waals surface area contributed by atoms with Gasteiger partial charge in [-0.2, -0.15) is 0 Å². The minimum atomic E-state index is 0.123. The van der Waals surface area contributed by atoms with Crippen molar-refractivity contribution >= 4 is 5.91 Å². The van der Waals surface area contributed by atoms with Gasteiger partial charge in [-0.3, -0.25) is 4.79 Å². The summed E-state index contributed by atoms with van der Waals surface area (Å²) < 4.78 is 5.26. The molecule has 0 bridgehead atoms. The van der Waals surface area contributed by atoms with Crippen LogP contribution in [0.15, 0.2) is 11.1 Å². The Morgan fingerprint density at radius 3 is 2.67 bits per heavy atom. The van der Waals surface area contributed by atoms with Crippen LogP contribution in [0.2, 0.25) is 0 Å². The van der Waals surface area contributed by atoms with Gasteiger partial charge < -0.3 is 15.0 Å². The van der Waals surface area contributed by atoms with Crippen molar-refractivity contribution in [3.63, 3.8) is 0 Å². The van der Waals surface area contributed by atoms with E-state index in [4.69, 9.17) is 4.74 Å². The monoisotopic (exact) mass is 208 g/mol. The molecule has 0 spiro atoms. The highest BCUT2D eigenvalue weighted by Crippen LogP contribution is 2.24. The number of carbonyl (C=O) groups excluding carboxylic acids is 1. The van der Waals surface area contributed by atoms with Crippen molar-refractivity contribution in [2.45, 2.75) is 6.42 Å². The number of hydrogen-bond donors (Lipinski definition) is 1. The van der Waals surface area contributed by atoms with Crippen molar-refractivity contribution in [1.29, 1.82) is 0 Å². The summed E-state index contributed by atoms with van der Waals surface area (Å²) in [6.45, 7) is 5.01. The van der Waals surface area contributed by atoms with E-state index in [0.717, 1.165) is 39.2 Å². The van der Waals surface area contributed by atoms with E-state index >= 15 is 0 Å². The molecule has 0 aromatic carbocycles. The molecular weight excluding hydrogens is 192 g/mol. The fourth-order valence-electron chi connectivity index (χ4n) is 2.61. The second kappa shape index (κ2) is 3.61. The number of nitrogens with zero attached hydrogens (tertiary/aromatic N) is 1. The molecule has 0 radical (unpaired) electrons. The van der Waals surface area contributed by atoms with E-state index in [9.17, 15) is 4.79 Å². The maximum atomic E-state index is 12.1. The van der Waals surface area contributed by atoms with Gasteiger partial charge in [-0.05, 0) is 17.6 Å². The van der Waals surface area contributed by atoms with Gasteiger partial charge >= 0.3 is 0 Å². The van der Waals surface area contributed by atoms with Crippen LogP contribution < -0.4 is 5.32 Å². The van der Waals surface area contributed by atoms with E-state index in [2.05, 4.69) is 5.32 Å². The average molecular weight is 208 g/mol. The standard InChI is InChI=1S/C11H16N2O2/c14-11(8-1-2-15-7-8)13-5-9-3-12-4-10(9)6-13/h8,12H,1-7H2/t8-/m1/s1. The van der Waals surface area contributed by atoms with Crippen LogP contribution in [-0.2, 0) is 9.53 Å². The lowest BCUT2D eigenvalue weighted by molar-refractivity contribution is -0.134. The zero-order valence-corrected chi connectivity index (χ0v) is 8.79. The van der Waals surface area contributed by atoms with Gasteiger partial charge in [-0.15, -0.1) is 0 Å². The SMILES string of the molecule is O=C([C@@H]1CCOC1)N1CC2=C(CNC2)C1. The van der Waals surface area contributed by atoms with Crippen LogP contribution >= 0.6 is 0 Å². The van der Waals surface area contributed by atoms with Crippen LogP contribution in [0.5, 0.6) is 0 Å². The predicted octanol–water partition coefficient (Wildman–Crippen LogP) is -0.235. The van der Waals surface area contributed by atoms with Crippen molar-refractivity contribution < 1.29 is 9.53 Å². The summed E-state index contributed by atoms with van der Waals surface area (Å²) in [4.78, 5) is 14.1. The zero-order valence-electron chi connectivity index (χ0n) is 8.79. The van der Waals surface area contributed by atoms with Crippen molar-refractivity contribution in [2.75, 3.05) is 39.4 Å². The van der Waals surface area contributed by atoms with Gasteiger partial charge in [0.1, 0.15) is 0 Å². The van der Waals surface area contributed by atoms with Crippen molar-refractivity contribution in [3.8, 4) is 0 Å². The lowest BCUT2D eigenvalue weighted by Gasteiger charge is -2.21. The third-order valence-electron chi connectivity index (χ3n) is 3.53. The minimum Gasteiger partial charge on any atom is -0.381 e. The van der Waals surface area contributed by atoms with Crippen LogP contribution in [-0.4, -0.2) is 50.2 Å². The molecule has 4 heteroatoms. The summed E-state index contributed by atoms with van der Waals surface area (Å²) in [5, 5.41) is 3.32. The molecule has 1 amide bonds. The molecule has 3 aliphatic rings. The summed E-state index contributed by atoms with van der Waals surface area (Å²) in [5.74, 6) is 0.417. The number of amides is 1. The summed E-state index contributed by atoms with van der Waals surface area (Å²) in [6.07, 6.45) is 0.901. The smallest absolute Gasteiger partial charge is 0.228 e. The first-order chi connectivity index (χ1) is 7.34. The Morgan fingerprint density at radius 2 is 2.07 bits per heavy atom. The molecule has 0 aliphatic carbocycles. The number of ether oxygens (including phenoxy) is 1. The number of hydrogen-bond acceptors (Lipinski definition) is 3. The maximum absolute atomic E-state index is 12.1. The summed E-state index contributed by atoms with van der Waals surface area (Å²) in [6, 6.07) is 0. The summed E-state index contributed by atoms with van der Waals surface area (Å²) in [7, 11) is 0. The van der Waals surface area contributed by atoms with Gasteiger partial charge in [0.2, 0.25) is 5.91 Å². The Labute approximate surface area is 89.3 Å². The fraction of sp³-hybridized carbons (Fsp3) is 0.727. The lowest BCUT2D eigenvalue weighted by Crippen LogP contribution is -2.37. The number of nitrogens with one attached hydrogen (secondary N) is 1. The maximum Gasteiger partial charge on any atom is 0.228 e.